The molecule has 8 heteroatoms. The fraction of sp³-hybridized carbons (Fsp3) is 0.975. The average molecular weight is 673 g/mol. The summed E-state index contributed by atoms with van der Waals surface area (Å²) in [7, 11) is 0. The summed E-state index contributed by atoms with van der Waals surface area (Å²) in [5, 5.41) is 21.3. The Morgan fingerprint density at radius 3 is 2.50 bits per heavy atom. The van der Waals surface area contributed by atoms with Crippen LogP contribution in [0.2, 0.25) is 0 Å². The van der Waals surface area contributed by atoms with Crippen molar-refractivity contribution in [2.75, 3.05) is 0 Å². The Hall–Kier alpha value is -0.770. The number of aliphatic hydroxyl groups is 1. The number of ether oxygens (including phenoxy) is 3. The molecular formula is C40H64O8. The average Bonchev–Trinajstić information content (AvgIpc) is 3.23. The molecule has 4 saturated heterocycles. The largest absolute Gasteiger partial charge is 0.481 e. The molecule has 9 fully saturated rings. The fourth-order valence-electron chi connectivity index (χ4n) is 14.1. The first-order chi connectivity index (χ1) is 22.9. The minimum atomic E-state index is -0.781. The molecule has 4 aliphatic heterocycles. The van der Waals surface area contributed by atoms with Crippen LogP contribution in [-0.4, -0.2) is 52.4 Å². The SMILES string of the molecule is C[C@H]1C(O[C@@H]2CCCC[C@@H]3C(CC(O)C4C3CC[C@@]3(C)C4CC[C@@H]3[C@H](C)CCC(=O)O)C2)OC2O[C@]3(C)CCC4[C@H](C)CCC1[C@@]24OO3. The maximum Gasteiger partial charge on any atom is 0.303 e. The Balaban J connectivity index is 0.969. The zero-order valence-corrected chi connectivity index (χ0v) is 30.3. The van der Waals surface area contributed by atoms with Crippen LogP contribution in [0.5, 0.6) is 0 Å². The highest BCUT2D eigenvalue weighted by molar-refractivity contribution is 5.66. The molecule has 0 radical (unpaired) electrons. The maximum atomic E-state index is 12.0. The van der Waals surface area contributed by atoms with Gasteiger partial charge < -0.3 is 24.4 Å². The standard InChI is InChI=1S/C40H64O8/c1-22(11-15-34(42)43)29-13-14-32-35-28(16-18-38(29,32)4)27-9-7-6-8-26(20-25(27)21-33(35)41)44-36-24(3)31-12-10-23(2)30-17-19-39(5)46-37(45-36)40(30,31)48-47-39/h22-33,35-37,41H,6-21H2,1-5H3,(H,42,43)/t22-,23-,24-,25?,26-,27-,28?,29-,30?,31?,32?,33?,35?,36?,37?,38-,39+,40-/m1/s1. The van der Waals surface area contributed by atoms with E-state index in [0.29, 0.717) is 53.3 Å². The topological polar surface area (TPSA) is 104 Å². The molecule has 272 valence electrons. The summed E-state index contributed by atoms with van der Waals surface area (Å²) in [5.74, 6) is 3.51. The van der Waals surface area contributed by atoms with Crippen LogP contribution in [0.1, 0.15) is 137 Å². The number of carbonyl (C=O) groups is 1. The van der Waals surface area contributed by atoms with Crippen molar-refractivity contribution in [2.24, 2.45) is 70.5 Å². The van der Waals surface area contributed by atoms with Crippen molar-refractivity contribution in [1.29, 1.82) is 0 Å². The molecular weight excluding hydrogens is 608 g/mol. The summed E-state index contributed by atoms with van der Waals surface area (Å²) < 4.78 is 20.6. The van der Waals surface area contributed by atoms with Crippen molar-refractivity contribution in [3.63, 3.8) is 0 Å². The lowest BCUT2D eigenvalue weighted by molar-refractivity contribution is -0.578. The number of rotatable bonds is 6. The lowest BCUT2D eigenvalue weighted by Crippen LogP contribution is -2.70. The van der Waals surface area contributed by atoms with Gasteiger partial charge in [-0.15, -0.1) is 0 Å². The molecule has 5 saturated carbocycles. The fourth-order valence-corrected chi connectivity index (χ4v) is 14.1. The highest BCUT2D eigenvalue weighted by atomic mass is 17.3. The van der Waals surface area contributed by atoms with Crippen molar-refractivity contribution in [1.82, 2.24) is 0 Å². The Morgan fingerprint density at radius 1 is 0.896 bits per heavy atom. The molecule has 9 unspecified atom stereocenters. The van der Waals surface area contributed by atoms with Gasteiger partial charge in [0.2, 0.25) is 5.79 Å². The van der Waals surface area contributed by atoms with Crippen LogP contribution in [0.25, 0.3) is 0 Å². The summed E-state index contributed by atoms with van der Waals surface area (Å²) in [6.45, 7) is 11.4. The maximum absolute atomic E-state index is 12.0. The lowest BCUT2D eigenvalue weighted by Gasteiger charge is -2.60. The number of carboxylic acids is 1. The van der Waals surface area contributed by atoms with Gasteiger partial charge in [-0.2, -0.15) is 0 Å². The van der Waals surface area contributed by atoms with Crippen LogP contribution in [-0.2, 0) is 28.8 Å². The normalized spacial score (nSPS) is 55.2. The number of hydrogen-bond acceptors (Lipinski definition) is 7. The zero-order chi connectivity index (χ0) is 33.6. The van der Waals surface area contributed by atoms with E-state index < -0.39 is 23.6 Å². The number of carboxylic acid groups (broad SMARTS) is 1. The Morgan fingerprint density at radius 2 is 1.69 bits per heavy atom. The number of fused-ring (bicyclic) bond motifs is 7. The second-order valence-electron chi connectivity index (χ2n) is 18.8. The molecule has 48 heavy (non-hydrogen) atoms. The molecule has 0 aromatic rings. The van der Waals surface area contributed by atoms with Crippen LogP contribution in [0.4, 0.5) is 0 Å². The third kappa shape index (κ3) is 5.47. The number of aliphatic hydroxyl groups excluding tert-OH is 1. The molecule has 8 nitrogen and oxygen atoms in total. The second-order valence-corrected chi connectivity index (χ2v) is 18.8. The summed E-state index contributed by atoms with van der Waals surface area (Å²) in [5.41, 5.74) is -0.350. The van der Waals surface area contributed by atoms with Gasteiger partial charge in [0.15, 0.2) is 18.2 Å². The summed E-state index contributed by atoms with van der Waals surface area (Å²) in [6.07, 6.45) is 15.6. The van der Waals surface area contributed by atoms with Gasteiger partial charge in [-0.3, -0.25) is 4.79 Å². The number of aliphatic carboxylic acids is 1. The second kappa shape index (κ2) is 12.7. The molecule has 2 bridgehead atoms. The van der Waals surface area contributed by atoms with Crippen LogP contribution >= 0.6 is 0 Å². The third-order valence-electron chi connectivity index (χ3n) is 16.4. The predicted molar refractivity (Wildman–Crippen MR) is 179 cm³/mol. The van der Waals surface area contributed by atoms with E-state index in [0.717, 1.165) is 44.9 Å². The van der Waals surface area contributed by atoms with Gasteiger partial charge in [0.25, 0.3) is 0 Å². The van der Waals surface area contributed by atoms with Gasteiger partial charge in [0, 0.05) is 24.7 Å². The molecule has 0 amide bonds. The van der Waals surface area contributed by atoms with E-state index in [1.54, 1.807) is 0 Å². The van der Waals surface area contributed by atoms with E-state index in [2.05, 4.69) is 27.7 Å². The van der Waals surface area contributed by atoms with Gasteiger partial charge in [0.1, 0.15) is 0 Å². The first-order valence-corrected chi connectivity index (χ1v) is 20.2. The Labute approximate surface area is 288 Å². The van der Waals surface area contributed by atoms with Crippen LogP contribution in [0, 0.1) is 70.5 Å². The van der Waals surface area contributed by atoms with E-state index in [9.17, 15) is 15.0 Å². The summed E-state index contributed by atoms with van der Waals surface area (Å²) in [4.78, 5) is 23.8. The predicted octanol–water partition coefficient (Wildman–Crippen LogP) is 8.10. The molecule has 4 heterocycles. The monoisotopic (exact) mass is 672 g/mol. The van der Waals surface area contributed by atoms with Crippen LogP contribution in [0.15, 0.2) is 0 Å². The van der Waals surface area contributed by atoms with Gasteiger partial charge in [-0.05, 0) is 143 Å². The van der Waals surface area contributed by atoms with Crippen LogP contribution < -0.4 is 0 Å². The van der Waals surface area contributed by atoms with Crippen molar-refractivity contribution in [3.8, 4) is 0 Å². The first-order valence-electron chi connectivity index (χ1n) is 20.2. The van der Waals surface area contributed by atoms with Crippen molar-refractivity contribution >= 4 is 5.97 Å². The summed E-state index contributed by atoms with van der Waals surface area (Å²) in [6, 6.07) is 0. The van der Waals surface area contributed by atoms with E-state index in [4.69, 9.17) is 24.0 Å². The molecule has 5 aliphatic carbocycles. The van der Waals surface area contributed by atoms with Gasteiger partial charge >= 0.3 is 5.97 Å². The zero-order valence-electron chi connectivity index (χ0n) is 30.3. The van der Waals surface area contributed by atoms with Crippen molar-refractivity contribution in [3.05, 3.63) is 0 Å². The van der Waals surface area contributed by atoms with E-state index in [1.165, 1.54) is 51.4 Å². The minimum absolute atomic E-state index is 0.122. The molecule has 18 atom stereocenters. The first kappa shape index (κ1) is 34.3. The Kier molecular flexibility index (Phi) is 9.10. The van der Waals surface area contributed by atoms with E-state index in [1.807, 2.05) is 6.92 Å². The lowest BCUT2D eigenvalue weighted by atomic mass is 9.49. The Bertz CT molecular complexity index is 1200. The third-order valence-corrected chi connectivity index (χ3v) is 16.4. The van der Waals surface area contributed by atoms with Gasteiger partial charge in [-0.25, -0.2) is 9.78 Å². The van der Waals surface area contributed by atoms with Crippen LogP contribution in [0.3, 0.4) is 0 Å². The molecule has 2 N–H and O–H groups in total. The quantitative estimate of drug-likeness (QED) is 0.273. The molecule has 0 aromatic carbocycles. The minimum Gasteiger partial charge on any atom is -0.481 e. The highest BCUT2D eigenvalue weighted by Gasteiger charge is 2.70. The summed E-state index contributed by atoms with van der Waals surface area (Å²) >= 11 is 0. The number of hydrogen-bond donors (Lipinski definition) is 2. The molecule has 1 spiro atoms. The van der Waals surface area contributed by atoms with Crippen molar-refractivity contribution in [2.45, 2.75) is 174 Å². The van der Waals surface area contributed by atoms with Crippen molar-refractivity contribution < 1.29 is 39.0 Å². The molecule has 9 aliphatic rings. The molecule has 0 aromatic heterocycles. The smallest absolute Gasteiger partial charge is 0.303 e. The van der Waals surface area contributed by atoms with Gasteiger partial charge in [-0.1, -0.05) is 40.5 Å². The van der Waals surface area contributed by atoms with E-state index >= 15 is 0 Å². The highest BCUT2D eigenvalue weighted by Crippen LogP contribution is 2.66. The van der Waals surface area contributed by atoms with E-state index in [-0.39, 0.29) is 42.2 Å². The van der Waals surface area contributed by atoms with Gasteiger partial charge in [0.05, 0.1) is 12.2 Å². The molecule has 9 rings (SSSR count).